The van der Waals surface area contributed by atoms with Crippen molar-refractivity contribution in [2.24, 2.45) is 46.6 Å². The Morgan fingerprint density at radius 3 is 1.04 bits per heavy atom. The molecule has 0 unspecified atom stereocenters. The lowest BCUT2D eigenvalue weighted by molar-refractivity contribution is -0.143. The Morgan fingerprint density at radius 2 is 0.685 bits per heavy atom. The number of carbonyl (C=O) groups is 22. The Balaban J connectivity index is 1.56. The molecule has 4 rings (SSSR count). The van der Waals surface area contributed by atoms with Crippen LogP contribution in [0.2, 0.25) is 0 Å². The Bertz CT molecular complexity index is 4940. The standard InChI is InChI=1S/C93H139N23O27/c1-13-46(6)72(114-83(133)63(43-69(123)124)110-89(139)73(47(7)14-2)113-81(131)59(39-55-31-23-18-24-32-55)104-75(125)49(9)100-78(128)58(38-54-29-21-17-22-30-54)107-85(135)65-34-26-36-116(65)91(141)51(11)102-86(136)70(96)52(12)118)88(138)108-61(41-67(95)120)80(130)106-62(42-68(121)122)82(132)112-71(45(4)5)87(137)115-74(48(8)15-3)90(140)109-60(40-66(94)119)79(129)105-57(37-53-27-19-16-20-28-53)77(127)101-50(10)76(126)111-64(44-117)84(134)103-56(92(142)143)33-25-35-99-93(97)98/h16-24,27-32,45-52,56-65,70-74,117-118H,13-15,25-26,33-44,96H2,1-12H3,(H2,94,119)(H2,95,120)(H,100,128)(H,101,127)(H,102,136)(H,103,134)(H,104,125)(H,105,129)(H,106,130)(H,107,135)(H,108,138)(H,109,140)(H,110,139)(H,111,126)(H,112,132)(H,113,131)(H,114,133)(H,115,137)(H,121,122)(H,123,124)(H,142,143)(H4,97,98,99)/t46-,47-,48-,49-,50-,51-,52+,56-,57-,58-,59-,60-,61-,62-,63-,64-,65-,70-,71-,72-,73-,74-/m0/s1. The van der Waals surface area contributed by atoms with Gasteiger partial charge in [-0.2, -0.15) is 0 Å². The van der Waals surface area contributed by atoms with Crippen LogP contribution in [0.3, 0.4) is 0 Å². The first-order chi connectivity index (χ1) is 67.3. The van der Waals surface area contributed by atoms with Crippen LogP contribution in [-0.2, 0) is 125 Å². The molecular formula is C93H139N23O27. The molecular weight excluding hydrogens is 1870 g/mol. The molecule has 50 nitrogen and oxygen atoms in total. The number of likely N-dealkylation sites (tertiary alicyclic amines) is 1. The monoisotopic (exact) mass is 2010 g/mol. The Labute approximate surface area is 826 Å². The molecule has 50 heteroatoms. The van der Waals surface area contributed by atoms with Crippen molar-refractivity contribution >= 4 is 136 Å². The molecule has 1 heterocycles. The lowest BCUT2D eigenvalue weighted by Gasteiger charge is -2.31. The summed E-state index contributed by atoms with van der Waals surface area (Å²) in [7, 11) is 0. The van der Waals surface area contributed by atoms with E-state index in [1.165, 1.54) is 60.3 Å². The zero-order valence-corrected chi connectivity index (χ0v) is 81.9. The molecule has 0 bridgehead atoms. The summed E-state index contributed by atoms with van der Waals surface area (Å²) in [6.45, 7) is 16.3. The number of hydrogen-bond donors (Lipinski definition) is 27. The number of nitrogens with zero attached hydrogens (tertiary/aromatic N) is 1. The fourth-order valence-corrected chi connectivity index (χ4v) is 14.8. The molecule has 788 valence electrons. The predicted octanol–water partition coefficient (Wildman–Crippen LogP) is -6.94. The predicted molar refractivity (Wildman–Crippen MR) is 512 cm³/mol. The molecule has 3 aromatic rings. The molecule has 1 fully saturated rings. The number of carboxylic acid groups (broad SMARTS) is 3. The summed E-state index contributed by atoms with van der Waals surface area (Å²) >= 11 is 0. The van der Waals surface area contributed by atoms with Gasteiger partial charge in [-0.1, -0.05) is 166 Å². The number of guanidine groups is 1. The van der Waals surface area contributed by atoms with Crippen molar-refractivity contribution in [2.75, 3.05) is 19.7 Å². The van der Waals surface area contributed by atoms with Gasteiger partial charge in [0, 0.05) is 32.4 Å². The number of aliphatic carboxylic acids is 3. The first-order valence-electron chi connectivity index (χ1n) is 46.9. The highest BCUT2D eigenvalue weighted by Gasteiger charge is 2.44. The number of nitrogens with one attached hydrogen (secondary N) is 18. The Hall–Kier alpha value is -14.8. The molecule has 0 aliphatic carbocycles. The summed E-state index contributed by atoms with van der Waals surface area (Å²) in [4.78, 5) is 305. The van der Waals surface area contributed by atoms with Crippen LogP contribution in [0.4, 0.5) is 0 Å². The van der Waals surface area contributed by atoms with Gasteiger partial charge in [0.05, 0.1) is 38.4 Å². The summed E-state index contributed by atoms with van der Waals surface area (Å²) in [6.07, 6.45) is -5.66. The third-order valence-electron chi connectivity index (χ3n) is 23.8. The average Bonchev–Trinajstić information content (AvgIpc) is 0.870. The summed E-state index contributed by atoms with van der Waals surface area (Å²) in [6, 6.07) is -5.08. The number of rotatable bonds is 61. The summed E-state index contributed by atoms with van der Waals surface area (Å²) in [5.74, 6) is -29.7. The second kappa shape index (κ2) is 59.7. The third-order valence-corrected chi connectivity index (χ3v) is 23.8. The van der Waals surface area contributed by atoms with Gasteiger partial charge in [0.25, 0.3) is 0 Å². The smallest absolute Gasteiger partial charge is 0.326 e. The SMILES string of the molecule is CC[C@H](C)[C@H](NC(=O)[C@H](CC(=O)O)NC(=O)[C@@H](NC(=O)[C@H](Cc1ccccc1)NC(=O)[C@H](C)NC(=O)[C@H](Cc1ccccc1)NC(=O)[C@@H]1CCCN1C(=O)[C@H](C)NC(=O)[C@@H](N)[C@@H](C)O)[C@@H](C)CC)C(=O)N[C@@H](CC(N)=O)C(=O)N[C@@H](CC(=O)O)C(=O)N[C@H](C(=O)N[C@H](C(=O)N[C@@H](CC(N)=O)C(=O)N[C@@H](Cc1ccccc1)C(=O)N[C@@H](C)C(=O)N[C@@H](CO)C(=O)N[C@@H](CCCNC(=N)N)C(=O)O)[C@@H](C)CC)C(C)C. The molecule has 0 aromatic heterocycles. The van der Waals surface area contributed by atoms with Gasteiger partial charge in [-0.3, -0.25) is 106 Å². The number of carbonyl (C=O) groups excluding carboxylic acids is 19. The fraction of sp³-hybridized carbons (Fsp3) is 0.559. The topological polar surface area (TPSA) is 812 Å². The highest BCUT2D eigenvalue weighted by molar-refractivity contribution is 6.04. The largest absolute Gasteiger partial charge is 0.481 e. The van der Waals surface area contributed by atoms with Crippen LogP contribution >= 0.6 is 0 Å². The number of hydrogen-bond acceptors (Lipinski definition) is 26. The minimum atomic E-state index is -2.19. The van der Waals surface area contributed by atoms with Gasteiger partial charge in [0.15, 0.2) is 5.96 Å². The van der Waals surface area contributed by atoms with Crippen LogP contribution in [0.25, 0.3) is 0 Å². The van der Waals surface area contributed by atoms with E-state index in [9.17, 15) is 131 Å². The molecule has 143 heavy (non-hydrogen) atoms. The molecule has 0 radical (unpaired) electrons. The number of amides is 19. The van der Waals surface area contributed by atoms with Crippen molar-refractivity contribution in [1.82, 2.24) is 95.3 Å². The lowest BCUT2D eigenvalue weighted by atomic mass is 9.95. The molecule has 1 saturated heterocycles. The van der Waals surface area contributed by atoms with Crippen LogP contribution in [0.5, 0.6) is 0 Å². The average molecular weight is 2010 g/mol. The van der Waals surface area contributed by atoms with Crippen molar-refractivity contribution in [3.05, 3.63) is 108 Å². The zero-order chi connectivity index (χ0) is 108. The number of nitrogens with two attached hydrogens (primary N) is 4. The first kappa shape index (κ1) is 120. The van der Waals surface area contributed by atoms with Crippen LogP contribution in [0.1, 0.15) is 170 Å². The van der Waals surface area contributed by atoms with E-state index in [0.29, 0.717) is 23.1 Å². The quantitative estimate of drug-likeness (QED) is 0.0142. The first-order valence-corrected chi connectivity index (χ1v) is 46.9. The van der Waals surface area contributed by atoms with Gasteiger partial charge in [-0.25, -0.2) is 4.79 Å². The van der Waals surface area contributed by atoms with Crippen LogP contribution in [0.15, 0.2) is 91.0 Å². The van der Waals surface area contributed by atoms with Crippen LogP contribution in [0, 0.1) is 29.1 Å². The van der Waals surface area contributed by atoms with Crippen LogP contribution < -0.4 is 113 Å². The van der Waals surface area contributed by atoms with Gasteiger partial charge in [0.2, 0.25) is 112 Å². The minimum Gasteiger partial charge on any atom is -0.481 e. The van der Waals surface area contributed by atoms with E-state index in [4.69, 9.17) is 28.3 Å². The summed E-state index contributed by atoms with van der Waals surface area (Å²) < 4.78 is 0. The third kappa shape index (κ3) is 40.4. The molecule has 0 spiro atoms. The van der Waals surface area contributed by atoms with E-state index in [-0.39, 0.29) is 76.8 Å². The van der Waals surface area contributed by atoms with E-state index in [0.717, 1.165) is 6.92 Å². The Morgan fingerprint density at radius 1 is 0.378 bits per heavy atom. The van der Waals surface area contributed by atoms with E-state index >= 15 is 0 Å². The molecule has 3 aromatic carbocycles. The summed E-state index contributed by atoms with van der Waals surface area (Å²) in [5, 5.41) is 98.4. The van der Waals surface area contributed by atoms with E-state index in [1.54, 1.807) is 112 Å². The van der Waals surface area contributed by atoms with Crippen molar-refractivity contribution in [1.29, 1.82) is 5.41 Å². The molecule has 31 N–H and O–H groups in total. The van der Waals surface area contributed by atoms with E-state index in [1.807, 2.05) is 0 Å². The normalized spacial score (nSPS) is 16.6. The Kier molecular flexibility index (Phi) is 50.3. The maximum Gasteiger partial charge on any atom is 0.326 e. The highest BCUT2D eigenvalue weighted by Crippen LogP contribution is 2.22. The van der Waals surface area contributed by atoms with Gasteiger partial charge >= 0.3 is 17.9 Å². The fourth-order valence-electron chi connectivity index (χ4n) is 14.8. The van der Waals surface area contributed by atoms with Gasteiger partial charge in [-0.05, 0) is 93.7 Å². The number of carboxylic acids is 3. The van der Waals surface area contributed by atoms with Gasteiger partial charge in [-0.15, -0.1) is 0 Å². The highest BCUT2D eigenvalue weighted by atomic mass is 16.4. The lowest BCUT2D eigenvalue weighted by Crippen LogP contribution is -2.63. The van der Waals surface area contributed by atoms with Crippen molar-refractivity contribution in [3.63, 3.8) is 0 Å². The van der Waals surface area contributed by atoms with Crippen molar-refractivity contribution in [2.45, 2.75) is 288 Å². The molecule has 0 saturated carbocycles. The van der Waals surface area contributed by atoms with E-state index in [2.05, 4.69) is 90.4 Å². The number of primary amides is 2. The van der Waals surface area contributed by atoms with Crippen LogP contribution in [-0.4, -0.2) is 301 Å². The van der Waals surface area contributed by atoms with Crippen molar-refractivity contribution in [3.8, 4) is 0 Å². The number of aliphatic hydroxyl groups excluding tert-OH is 2. The van der Waals surface area contributed by atoms with Gasteiger partial charge in [0.1, 0.15) is 109 Å². The van der Waals surface area contributed by atoms with Gasteiger partial charge < -0.3 is 144 Å². The number of benzene rings is 3. The number of aliphatic hydroxyl groups is 2. The minimum absolute atomic E-state index is 0.0296. The summed E-state index contributed by atoms with van der Waals surface area (Å²) in [5.41, 5.74) is 23.7. The van der Waals surface area contributed by atoms with E-state index < -0.39 is 301 Å². The second-order valence-electron chi connectivity index (χ2n) is 35.7. The maximum atomic E-state index is 14.8. The molecule has 22 atom stereocenters. The molecule has 19 amide bonds. The second-order valence-corrected chi connectivity index (χ2v) is 35.7. The molecule has 1 aliphatic heterocycles. The zero-order valence-electron chi connectivity index (χ0n) is 81.9. The molecule has 1 aliphatic rings. The van der Waals surface area contributed by atoms with Crippen molar-refractivity contribution < 1.29 is 131 Å². The maximum absolute atomic E-state index is 14.8.